The van der Waals surface area contributed by atoms with Gasteiger partial charge >= 0.3 is 0 Å². The van der Waals surface area contributed by atoms with E-state index in [1.54, 1.807) is 11.3 Å². The van der Waals surface area contributed by atoms with Gasteiger partial charge in [0.25, 0.3) is 5.91 Å². The molecular weight excluding hydrogens is 278 g/mol. The Bertz CT molecular complexity index is 449. The van der Waals surface area contributed by atoms with Gasteiger partial charge in [0.1, 0.15) is 0 Å². The van der Waals surface area contributed by atoms with Crippen molar-refractivity contribution >= 4 is 28.8 Å². The molecule has 1 fully saturated rings. The van der Waals surface area contributed by atoms with E-state index < -0.39 is 0 Å². The highest BCUT2D eigenvalue weighted by Gasteiger charge is 2.27. The molecule has 104 valence electrons. The Balaban J connectivity index is 1.56. The monoisotopic (exact) mass is 297 g/mol. The summed E-state index contributed by atoms with van der Waals surface area (Å²) in [6.45, 7) is 0.790. The van der Waals surface area contributed by atoms with Gasteiger partial charge in [0.2, 0.25) is 0 Å². The van der Waals surface area contributed by atoms with Gasteiger partial charge in [0.15, 0.2) is 0 Å². The smallest absolute Gasteiger partial charge is 0.261 e. The van der Waals surface area contributed by atoms with Crippen LogP contribution in [0.15, 0.2) is 6.07 Å². The first-order chi connectivity index (χ1) is 9.28. The molecule has 19 heavy (non-hydrogen) atoms. The van der Waals surface area contributed by atoms with E-state index in [1.807, 2.05) is 0 Å². The molecule has 0 aromatic carbocycles. The first-order valence-corrected chi connectivity index (χ1v) is 8.58. The van der Waals surface area contributed by atoms with Gasteiger partial charge in [-0.2, -0.15) is 0 Å². The Hall–Kier alpha value is -0.540. The zero-order chi connectivity index (χ0) is 13.2. The van der Waals surface area contributed by atoms with Crippen molar-refractivity contribution in [3.8, 4) is 0 Å². The van der Waals surface area contributed by atoms with E-state index in [-0.39, 0.29) is 5.91 Å². The standard InChI is InChI=1S/C15H20ClNOS/c16-8-11-4-1-5-12(11)9-17-15(18)14-7-10-3-2-6-13(10)19-14/h7,11-12H,1-6,8-9H2,(H,17,18). The topological polar surface area (TPSA) is 29.1 Å². The predicted molar refractivity (Wildman–Crippen MR) is 80.2 cm³/mol. The van der Waals surface area contributed by atoms with Crippen LogP contribution >= 0.6 is 22.9 Å². The maximum Gasteiger partial charge on any atom is 0.261 e. The lowest BCUT2D eigenvalue weighted by molar-refractivity contribution is 0.0948. The largest absolute Gasteiger partial charge is 0.351 e. The average Bonchev–Trinajstić information content (AvgIpc) is 3.09. The maximum absolute atomic E-state index is 12.2. The molecule has 1 aromatic rings. The molecule has 2 aliphatic carbocycles. The minimum atomic E-state index is 0.111. The van der Waals surface area contributed by atoms with Crippen LogP contribution in [0.1, 0.15) is 45.8 Å². The highest BCUT2D eigenvalue weighted by molar-refractivity contribution is 7.14. The van der Waals surface area contributed by atoms with Gasteiger partial charge in [0.05, 0.1) is 4.88 Å². The van der Waals surface area contributed by atoms with E-state index >= 15 is 0 Å². The molecule has 2 unspecified atom stereocenters. The van der Waals surface area contributed by atoms with E-state index in [0.717, 1.165) is 30.1 Å². The van der Waals surface area contributed by atoms with Crippen LogP contribution < -0.4 is 5.32 Å². The van der Waals surface area contributed by atoms with Crippen molar-refractivity contribution in [2.75, 3.05) is 12.4 Å². The van der Waals surface area contributed by atoms with Crippen molar-refractivity contribution in [3.63, 3.8) is 0 Å². The number of aryl methyl sites for hydroxylation is 2. The number of hydrogen-bond donors (Lipinski definition) is 1. The summed E-state index contributed by atoms with van der Waals surface area (Å²) in [5, 5.41) is 3.11. The minimum absolute atomic E-state index is 0.111. The summed E-state index contributed by atoms with van der Waals surface area (Å²) in [6, 6.07) is 2.09. The molecule has 0 aliphatic heterocycles. The summed E-state index contributed by atoms with van der Waals surface area (Å²) in [7, 11) is 0. The Morgan fingerprint density at radius 1 is 1.32 bits per heavy atom. The van der Waals surface area contributed by atoms with Gasteiger partial charge in [-0.3, -0.25) is 4.79 Å². The van der Waals surface area contributed by atoms with Crippen molar-refractivity contribution < 1.29 is 4.79 Å². The predicted octanol–water partition coefficient (Wildman–Crippen LogP) is 3.62. The van der Waals surface area contributed by atoms with Crippen LogP contribution in [-0.2, 0) is 12.8 Å². The van der Waals surface area contributed by atoms with Crippen molar-refractivity contribution in [1.29, 1.82) is 0 Å². The first-order valence-electron chi connectivity index (χ1n) is 7.23. The lowest BCUT2D eigenvalue weighted by atomic mass is 9.98. The summed E-state index contributed by atoms with van der Waals surface area (Å²) < 4.78 is 0. The molecule has 3 rings (SSSR count). The fraction of sp³-hybridized carbons (Fsp3) is 0.667. The van der Waals surface area contributed by atoms with Crippen molar-refractivity contribution in [2.24, 2.45) is 11.8 Å². The minimum Gasteiger partial charge on any atom is -0.351 e. The molecule has 0 radical (unpaired) electrons. The molecule has 2 aliphatic rings. The normalized spacial score (nSPS) is 25.5. The number of carbonyl (C=O) groups excluding carboxylic acids is 1. The quantitative estimate of drug-likeness (QED) is 0.845. The summed E-state index contributed by atoms with van der Waals surface area (Å²) in [4.78, 5) is 14.5. The van der Waals surface area contributed by atoms with Crippen LogP contribution in [-0.4, -0.2) is 18.3 Å². The number of amides is 1. The van der Waals surface area contributed by atoms with Gasteiger partial charge in [-0.25, -0.2) is 0 Å². The lowest BCUT2D eigenvalue weighted by Crippen LogP contribution is -2.30. The van der Waals surface area contributed by atoms with Crippen molar-refractivity contribution in [2.45, 2.75) is 38.5 Å². The number of fused-ring (bicyclic) bond motifs is 1. The Morgan fingerprint density at radius 3 is 2.95 bits per heavy atom. The Kier molecular flexibility index (Phi) is 4.13. The van der Waals surface area contributed by atoms with Crippen LogP contribution in [0.25, 0.3) is 0 Å². The zero-order valence-electron chi connectivity index (χ0n) is 11.1. The second-order valence-electron chi connectivity index (χ2n) is 5.73. The average molecular weight is 298 g/mol. The van der Waals surface area contributed by atoms with Crippen LogP contribution in [0.2, 0.25) is 0 Å². The third kappa shape index (κ3) is 2.82. The molecule has 1 aromatic heterocycles. The van der Waals surface area contributed by atoms with Crippen molar-refractivity contribution in [3.05, 3.63) is 21.4 Å². The number of rotatable bonds is 4. The Labute approximate surface area is 123 Å². The van der Waals surface area contributed by atoms with Crippen molar-refractivity contribution in [1.82, 2.24) is 5.32 Å². The fourth-order valence-corrected chi connectivity index (χ4v) is 4.91. The number of alkyl halides is 1. The summed E-state index contributed by atoms with van der Waals surface area (Å²) in [6.07, 6.45) is 7.24. The SMILES string of the molecule is O=C(NCC1CCCC1CCl)c1cc2c(s1)CCC2. The van der Waals surface area contributed by atoms with Crippen LogP contribution in [0.3, 0.4) is 0 Å². The van der Waals surface area contributed by atoms with Gasteiger partial charge in [-0.1, -0.05) is 6.42 Å². The van der Waals surface area contributed by atoms with Gasteiger partial charge in [-0.15, -0.1) is 22.9 Å². The zero-order valence-corrected chi connectivity index (χ0v) is 12.7. The number of thiophene rings is 1. The number of hydrogen-bond acceptors (Lipinski definition) is 2. The molecule has 2 nitrogen and oxygen atoms in total. The highest BCUT2D eigenvalue weighted by atomic mass is 35.5. The van der Waals surface area contributed by atoms with Gasteiger partial charge in [-0.05, 0) is 55.6 Å². The van der Waals surface area contributed by atoms with E-state index in [2.05, 4.69) is 11.4 Å². The second kappa shape index (κ2) is 5.84. The first kappa shape index (κ1) is 13.4. The summed E-state index contributed by atoms with van der Waals surface area (Å²) in [5.74, 6) is 2.01. The van der Waals surface area contributed by atoms with E-state index in [1.165, 1.54) is 36.1 Å². The molecule has 1 amide bonds. The summed E-state index contributed by atoms with van der Waals surface area (Å²) >= 11 is 7.66. The van der Waals surface area contributed by atoms with Crippen LogP contribution in [0, 0.1) is 11.8 Å². The third-order valence-electron chi connectivity index (χ3n) is 4.51. The van der Waals surface area contributed by atoms with Gasteiger partial charge < -0.3 is 5.32 Å². The molecule has 0 spiro atoms. The van der Waals surface area contributed by atoms with Crippen LogP contribution in [0.4, 0.5) is 0 Å². The molecule has 2 atom stereocenters. The molecule has 0 bridgehead atoms. The van der Waals surface area contributed by atoms with Crippen LogP contribution in [0.5, 0.6) is 0 Å². The number of nitrogens with one attached hydrogen (secondary N) is 1. The van der Waals surface area contributed by atoms with Gasteiger partial charge in [0, 0.05) is 17.3 Å². The number of halogens is 1. The molecule has 1 saturated carbocycles. The second-order valence-corrected chi connectivity index (χ2v) is 7.17. The van der Waals surface area contributed by atoms with E-state index in [4.69, 9.17) is 11.6 Å². The highest BCUT2D eigenvalue weighted by Crippen LogP contribution is 2.33. The summed E-state index contributed by atoms with van der Waals surface area (Å²) in [5.41, 5.74) is 1.40. The van der Waals surface area contributed by atoms with E-state index in [0.29, 0.717) is 11.8 Å². The molecular formula is C15H20ClNOS. The maximum atomic E-state index is 12.2. The van der Waals surface area contributed by atoms with E-state index in [9.17, 15) is 4.79 Å². The molecule has 0 saturated heterocycles. The lowest BCUT2D eigenvalue weighted by Gasteiger charge is -2.17. The Morgan fingerprint density at radius 2 is 2.16 bits per heavy atom. The number of carbonyl (C=O) groups is 1. The fourth-order valence-electron chi connectivity index (χ4n) is 3.34. The molecule has 1 heterocycles. The molecule has 4 heteroatoms. The molecule has 1 N–H and O–H groups in total. The third-order valence-corrected chi connectivity index (χ3v) is 6.14.